The van der Waals surface area contributed by atoms with E-state index in [0.29, 0.717) is 12.2 Å². The summed E-state index contributed by atoms with van der Waals surface area (Å²) in [6.07, 6.45) is -6.05. The molecule has 0 aliphatic heterocycles. The highest BCUT2D eigenvalue weighted by Gasteiger charge is 2.37. The standard InChI is InChI=1S/C7H14F3NOS/c1-5(11)2-3-13-4-6(12)7(8,9)10/h5-6,12H,2-4,11H2,1H3. The first-order chi connectivity index (χ1) is 5.84. The zero-order valence-corrected chi connectivity index (χ0v) is 8.16. The van der Waals surface area contributed by atoms with Gasteiger partial charge in [-0.2, -0.15) is 24.9 Å². The first kappa shape index (κ1) is 13.1. The average molecular weight is 217 g/mol. The molecule has 80 valence electrons. The van der Waals surface area contributed by atoms with E-state index in [9.17, 15) is 13.2 Å². The molecular weight excluding hydrogens is 203 g/mol. The summed E-state index contributed by atoms with van der Waals surface area (Å²) >= 11 is 1.07. The molecule has 3 N–H and O–H groups in total. The molecule has 6 heteroatoms. The second-order valence-electron chi connectivity index (χ2n) is 2.90. The highest BCUT2D eigenvalue weighted by Crippen LogP contribution is 2.23. The van der Waals surface area contributed by atoms with Crippen molar-refractivity contribution in [2.45, 2.75) is 31.7 Å². The van der Waals surface area contributed by atoms with Crippen LogP contribution in [0, 0.1) is 0 Å². The Balaban J connectivity index is 3.43. The number of halogens is 3. The van der Waals surface area contributed by atoms with Crippen molar-refractivity contribution in [3.8, 4) is 0 Å². The van der Waals surface area contributed by atoms with Crippen LogP contribution in [0.3, 0.4) is 0 Å². The van der Waals surface area contributed by atoms with Crippen LogP contribution in [-0.4, -0.2) is 34.9 Å². The Morgan fingerprint density at radius 1 is 1.46 bits per heavy atom. The fourth-order valence-electron chi connectivity index (χ4n) is 0.559. The third-order valence-electron chi connectivity index (χ3n) is 1.37. The topological polar surface area (TPSA) is 46.2 Å². The highest BCUT2D eigenvalue weighted by molar-refractivity contribution is 7.99. The van der Waals surface area contributed by atoms with Crippen molar-refractivity contribution in [1.82, 2.24) is 0 Å². The molecule has 0 saturated heterocycles. The minimum atomic E-state index is -4.50. The lowest BCUT2D eigenvalue weighted by molar-refractivity contribution is -0.195. The zero-order chi connectivity index (χ0) is 10.5. The molecule has 0 amide bonds. The van der Waals surface area contributed by atoms with Crippen LogP contribution >= 0.6 is 11.8 Å². The van der Waals surface area contributed by atoms with Crippen molar-refractivity contribution >= 4 is 11.8 Å². The third-order valence-corrected chi connectivity index (χ3v) is 2.45. The predicted molar refractivity (Wildman–Crippen MR) is 47.7 cm³/mol. The summed E-state index contributed by atoms with van der Waals surface area (Å²) in [5, 5.41) is 8.57. The lowest BCUT2D eigenvalue weighted by atomic mass is 10.3. The molecule has 0 heterocycles. The van der Waals surface area contributed by atoms with Crippen molar-refractivity contribution in [1.29, 1.82) is 0 Å². The summed E-state index contributed by atoms with van der Waals surface area (Å²) in [4.78, 5) is 0. The van der Waals surface area contributed by atoms with E-state index in [0.717, 1.165) is 11.8 Å². The number of alkyl halides is 3. The minimum absolute atomic E-state index is 0.00414. The maximum Gasteiger partial charge on any atom is 0.415 e. The Kier molecular flexibility index (Phi) is 5.75. The smallest absolute Gasteiger partial charge is 0.383 e. The molecule has 0 radical (unpaired) electrons. The molecular formula is C7H14F3NOS. The number of rotatable bonds is 5. The van der Waals surface area contributed by atoms with Gasteiger partial charge in [-0.15, -0.1) is 0 Å². The van der Waals surface area contributed by atoms with Crippen molar-refractivity contribution < 1.29 is 18.3 Å². The van der Waals surface area contributed by atoms with Gasteiger partial charge in [-0.05, 0) is 19.1 Å². The first-order valence-electron chi connectivity index (χ1n) is 3.92. The Hall–Kier alpha value is 0.0600. The molecule has 2 atom stereocenters. The molecule has 0 aliphatic carbocycles. The summed E-state index contributed by atoms with van der Waals surface area (Å²) in [7, 11) is 0. The van der Waals surface area contributed by atoms with E-state index in [1.54, 1.807) is 6.92 Å². The van der Waals surface area contributed by atoms with Gasteiger partial charge < -0.3 is 10.8 Å². The van der Waals surface area contributed by atoms with Gasteiger partial charge in [-0.25, -0.2) is 0 Å². The molecule has 0 rings (SSSR count). The Bertz CT molecular complexity index is 140. The van der Waals surface area contributed by atoms with Crippen LogP contribution in [0.5, 0.6) is 0 Å². The van der Waals surface area contributed by atoms with Crippen molar-refractivity contribution in [3.63, 3.8) is 0 Å². The predicted octanol–water partition coefficient (Wildman–Crippen LogP) is 1.38. The largest absolute Gasteiger partial charge is 0.415 e. The van der Waals surface area contributed by atoms with Crippen LogP contribution in [0.2, 0.25) is 0 Å². The van der Waals surface area contributed by atoms with Crippen LogP contribution in [0.25, 0.3) is 0 Å². The van der Waals surface area contributed by atoms with Gasteiger partial charge in [0.1, 0.15) is 0 Å². The van der Waals surface area contributed by atoms with Crippen molar-refractivity contribution in [2.75, 3.05) is 11.5 Å². The number of thioether (sulfide) groups is 1. The fourth-order valence-corrected chi connectivity index (χ4v) is 1.68. The van der Waals surface area contributed by atoms with Gasteiger partial charge in [0.25, 0.3) is 0 Å². The lowest BCUT2D eigenvalue weighted by Gasteiger charge is -2.13. The molecule has 2 unspecified atom stereocenters. The van der Waals surface area contributed by atoms with Gasteiger partial charge in [0.2, 0.25) is 0 Å². The summed E-state index contributed by atoms with van der Waals surface area (Å²) < 4.78 is 35.2. The van der Waals surface area contributed by atoms with E-state index in [4.69, 9.17) is 10.8 Å². The van der Waals surface area contributed by atoms with Gasteiger partial charge in [0, 0.05) is 11.8 Å². The average Bonchev–Trinajstić information content (AvgIpc) is 1.95. The van der Waals surface area contributed by atoms with E-state index in [1.807, 2.05) is 0 Å². The maximum atomic E-state index is 11.7. The number of nitrogens with two attached hydrogens (primary N) is 1. The molecule has 2 nitrogen and oxygen atoms in total. The van der Waals surface area contributed by atoms with Gasteiger partial charge in [-0.3, -0.25) is 0 Å². The lowest BCUT2D eigenvalue weighted by Crippen LogP contribution is -2.30. The SMILES string of the molecule is CC(N)CCSCC(O)C(F)(F)F. The normalized spacial score (nSPS) is 17.1. The molecule has 0 aromatic heterocycles. The molecule has 0 aliphatic rings. The van der Waals surface area contributed by atoms with Gasteiger partial charge in [-0.1, -0.05) is 0 Å². The molecule has 0 aromatic carbocycles. The summed E-state index contributed by atoms with van der Waals surface area (Å²) in [6, 6.07) is -0.00414. The summed E-state index contributed by atoms with van der Waals surface area (Å²) in [5.74, 6) is 0.237. The second-order valence-corrected chi connectivity index (χ2v) is 4.05. The Morgan fingerprint density at radius 3 is 2.38 bits per heavy atom. The van der Waals surface area contributed by atoms with Crippen LogP contribution in [0.1, 0.15) is 13.3 Å². The highest BCUT2D eigenvalue weighted by atomic mass is 32.2. The monoisotopic (exact) mass is 217 g/mol. The third kappa shape index (κ3) is 7.16. The molecule has 13 heavy (non-hydrogen) atoms. The number of hydrogen-bond donors (Lipinski definition) is 2. The van der Waals surface area contributed by atoms with Gasteiger partial charge >= 0.3 is 6.18 Å². The van der Waals surface area contributed by atoms with Gasteiger partial charge in [0.05, 0.1) is 0 Å². The van der Waals surface area contributed by atoms with E-state index in [-0.39, 0.29) is 11.8 Å². The van der Waals surface area contributed by atoms with E-state index < -0.39 is 12.3 Å². The van der Waals surface area contributed by atoms with E-state index in [2.05, 4.69) is 0 Å². The summed E-state index contributed by atoms with van der Waals surface area (Å²) in [5.41, 5.74) is 5.40. The molecule has 0 fully saturated rings. The number of aliphatic hydroxyl groups is 1. The first-order valence-corrected chi connectivity index (χ1v) is 5.07. The maximum absolute atomic E-state index is 11.7. The van der Waals surface area contributed by atoms with Crippen LogP contribution in [0.4, 0.5) is 13.2 Å². The quantitative estimate of drug-likeness (QED) is 0.684. The number of aliphatic hydroxyl groups excluding tert-OH is 1. The second kappa shape index (κ2) is 5.72. The summed E-state index contributed by atoms with van der Waals surface area (Å²) in [6.45, 7) is 1.79. The Labute approximate surface area is 79.7 Å². The fraction of sp³-hybridized carbons (Fsp3) is 1.00. The minimum Gasteiger partial charge on any atom is -0.383 e. The van der Waals surface area contributed by atoms with Crippen molar-refractivity contribution in [3.05, 3.63) is 0 Å². The van der Waals surface area contributed by atoms with E-state index in [1.165, 1.54) is 0 Å². The Morgan fingerprint density at radius 2 is 2.00 bits per heavy atom. The van der Waals surface area contributed by atoms with E-state index >= 15 is 0 Å². The molecule has 0 aromatic rings. The molecule has 0 saturated carbocycles. The van der Waals surface area contributed by atoms with Gasteiger partial charge in [0.15, 0.2) is 6.10 Å². The number of hydrogen-bond acceptors (Lipinski definition) is 3. The van der Waals surface area contributed by atoms with Crippen LogP contribution in [0.15, 0.2) is 0 Å². The molecule has 0 spiro atoms. The molecule has 0 bridgehead atoms. The zero-order valence-electron chi connectivity index (χ0n) is 7.34. The van der Waals surface area contributed by atoms with Crippen molar-refractivity contribution in [2.24, 2.45) is 5.73 Å². The van der Waals surface area contributed by atoms with Crippen LogP contribution in [-0.2, 0) is 0 Å². The van der Waals surface area contributed by atoms with Crippen LogP contribution < -0.4 is 5.73 Å².